The fourth-order valence-corrected chi connectivity index (χ4v) is 4.26. The second-order valence-electron chi connectivity index (χ2n) is 7.81. The molecule has 0 fully saturated rings. The topological polar surface area (TPSA) is 55.4 Å². The largest absolute Gasteiger partial charge is 0.462 e. The van der Waals surface area contributed by atoms with E-state index in [0.29, 0.717) is 42.5 Å². The van der Waals surface area contributed by atoms with E-state index in [1.807, 2.05) is 30.3 Å². The van der Waals surface area contributed by atoms with Crippen LogP contribution in [0.5, 0.6) is 0 Å². The average Bonchev–Trinajstić information content (AvgIpc) is 2.75. The number of carbonyl (C=O) groups excluding carboxylic acids is 2. The molecule has 2 aromatic carbocycles. The van der Waals surface area contributed by atoms with Crippen LogP contribution in [-0.4, -0.2) is 18.4 Å². The Morgan fingerprint density at radius 3 is 2.61 bits per heavy atom. The SMILES string of the molecule is CC1=C(C(=O)OCCc2ccccc2)[C@@H](c2ccc(F)c(F)c2)C2=C(CCCC2=O)N1. The number of carbonyl (C=O) groups is 2. The van der Waals surface area contributed by atoms with Crippen LogP contribution < -0.4 is 5.32 Å². The molecule has 1 aliphatic heterocycles. The first-order valence-electron chi connectivity index (χ1n) is 10.4. The third-order valence-corrected chi connectivity index (χ3v) is 5.74. The summed E-state index contributed by atoms with van der Waals surface area (Å²) in [6.45, 7) is 1.91. The molecule has 0 saturated heterocycles. The van der Waals surface area contributed by atoms with Gasteiger partial charge in [0.25, 0.3) is 0 Å². The van der Waals surface area contributed by atoms with Crippen molar-refractivity contribution < 1.29 is 23.1 Å². The van der Waals surface area contributed by atoms with E-state index in [4.69, 9.17) is 4.74 Å². The zero-order chi connectivity index (χ0) is 22.0. The Hall–Kier alpha value is -3.28. The van der Waals surface area contributed by atoms with Crippen molar-refractivity contribution in [3.05, 3.63) is 93.8 Å². The van der Waals surface area contributed by atoms with E-state index in [9.17, 15) is 18.4 Å². The summed E-state index contributed by atoms with van der Waals surface area (Å²) in [5.74, 6) is -3.44. The minimum Gasteiger partial charge on any atom is -0.462 e. The lowest BCUT2D eigenvalue weighted by Crippen LogP contribution is -2.34. The molecule has 2 aliphatic rings. The monoisotopic (exact) mass is 423 g/mol. The molecule has 0 aromatic heterocycles. The first-order chi connectivity index (χ1) is 15.0. The molecule has 0 amide bonds. The number of hydrogen-bond acceptors (Lipinski definition) is 4. The fourth-order valence-electron chi connectivity index (χ4n) is 4.26. The van der Waals surface area contributed by atoms with Crippen molar-refractivity contribution in [3.8, 4) is 0 Å². The first-order valence-corrected chi connectivity index (χ1v) is 10.4. The molecule has 0 unspecified atom stereocenters. The third kappa shape index (κ3) is 4.29. The van der Waals surface area contributed by atoms with Crippen molar-refractivity contribution in [1.29, 1.82) is 0 Å². The van der Waals surface area contributed by atoms with Gasteiger partial charge in [0, 0.05) is 35.7 Å². The van der Waals surface area contributed by atoms with Gasteiger partial charge in [-0.1, -0.05) is 36.4 Å². The van der Waals surface area contributed by atoms with Crippen LogP contribution in [0.25, 0.3) is 0 Å². The Labute approximate surface area is 179 Å². The highest BCUT2D eigenvalue weighted by molar-refractivity contribution is 6.03. The van der Waals surface area contributed by atoms with Crippen LogP contribution >= 0.6 is 0 Å². The Kier molecular flexibility index (Phi) is 5.98. The number of esters is 1. The molecule has 0 radical (unpaired) electrons. The number of dihydropyridines is 1. The number of allylic oxidation sites excluding steroid dienone is 3. The molecular formula is C25H23F2NO3. The minimum atomic E-state index is -1.02. The Morgan fingerprint density at radius 1 is 1.10 bits per heavy atom. The molecule has 2 aromatic rings. The number of nitrogens with one attached hydrogen (secondary N) is 1. The van der Waals surface area contributed by atoms with Crippen molar-refractivity contribution in [2.75, 3.05) is 6.61 Å². The number of hydrogen-bond donors (Lipinski definition) is 1. The van der Waals surface area contributed by atoms with Gasteiger partial charge in [0.2, 0.25) is 0 Å². The molecule has 6 heteroatoms. The minimum absolute atomic E-state index is 0.0921. The smallest absolute Gasteiger partial charge is 0.336 e. The maximum atomic E-state index is 14.0. The molecule has 4 rings (SSSR count). The highest BCUT2D eigenvalue weighted by Crippen LogP contribution is 2.42. The summed E-state index contributed by atoms with van der Waals surface area (Å²) in [5.41, 5.74) is 3.40. The van der Waals surface area contributed by atoms with E-state index in [1.165, 1.54) is 6.07 Å². The molecule has 4 nitrogen and oxygen atoms in total. The Balaban J connectivity index is 1.66. The van der Waals surface area contributed by atoms with E-state index in [2.05, 4.69) is 5.32 Å². The lowest BCUT2D eigenvalue weighted by Gasteiger charge is -2.34. The Bertz CT molecular complexity index is 1090. The average molecular weight is 423 g/mol. The van der Waals surface area contributed by atoms with Gasteiger partial charge in [-0.25, -0.2) is 13.6 Å². The van der Waals surface area contributed by atoms with Crippen molar-refractivity contribution in [2.45, 2.75) is 38.5 Å². The third-order valence-electron chi connectivity index (χ3n) is 5.74. The number of rotatable bonds is 5. The normalized spacial score (nSPS) is 18.5. The highest BCUT2D eigenvalue weighted by atomic mass is 19.2. The lowest BCUT2D eigenvalue weighted by molar-refractivity contribution is -0.139. The number of halogens is 2. The fraction of sp³-hybridized carbons (Fsp3) is 0.280. The van der Waals surface area contributed by atoms with Crippen LogP contribution in [0.15, 0.2) is 71.1 Å². The molecule has 160 valence electrons. The van der Waals surface area contributed by atoms with E-state index < -0.39 is 23.5 Å². The van der Waals surface area contributed by atoms with Crippen LogP contribution in [0, 0.1) is 11.6 Å². The van der Waals surface area contributed by atoms with Gasteiger partial charge >= 0.3 is 5.97 Å². The molecule has 1 heterocycles. The zero-order valence-corrected chi connectivity index (χ0v) is 17.2. The van der Waals surface area contributed by atoms with Gasteiger partial charge in [0.05, 0.1) is 12.2 Å². The van der Waals surface area contributed by atoms with Gasteiger partial charge in [-0.3, -0.25) is 4.79 Å². The van der Waals surface area contributed by atoms with Crippen molar-refractivity contribution in [3.63, 3.8) is 0 Å². The number of ether oxygens (including phenoxy) is 1. The van der Waals surface area contributed by atoms with Crippen molar-refractivity contribution in [1.82, 2.24) is 5.32 Å². The van der Waals surface area contributed by atoms with Crippen LogP contribution in [0.1, 0.15) is 43.2 Å². The van der Waals surface area contributed by atoms with Gasteiger partial charge in [0.1, 0.15) is 0 Å². The van der Waals surface area contributed by atoms with Gasteiger partial charge in [-0.2, -0.15) is 0 Å². The highest BCUT2D eigenvalue weighted by Gasteiger charge is 2.39. The van der Waals surface area contributed by atoms with Gasteiger partial charge in [-0.15, -0.1) is 0 Å². The van der Waals surface area contributed by atoms with E-state index in [-0.39, 0.29) is 18.0 Å². The second kappa shape index (κ2) is 8.84. The maximum absolute atomic E-state index is 14.0. The van der Waals surface area contributed by atoms with Gasteiger partial charge in [-0.05, 0) is 43.0 Å². The predicted molar refractivity (Wildman–Crippen MR) is 112 cm³/mol. The Morgan fingerprint density at radius 2 is 1.87 bits per heavy atom. The quantitative estimate of drug-likeness (QED) is 0.708. The molecule has 1 aliphatic carbocycles. The summed E-state index contributed by atoms with van der Waals surface area (Å²) in [5, 5.41) is 3.18. The number of Topliss-reactive ketones (excluding diaryl/α,β-unsaturated/α-hetero) is 1. The molecular weight excluding hydrogens is 400 g/mol. The molecule has 1 atom stereocenters. The van der Waals surface area contributed by atoms with Crippen LogP contribution in [0.2, 0.25) is 0 Å². The van der Waals surface area contributed by atoms with E-state index in [1.54, 1.807) is 6.92 Å². The van der Waals surface area contributed by atoms with Gasteiger partial charge < -0.3 is 10.1 Å². The zero-order valence-electron chi connectivity index (χ0n) is 17.2. The number of ketones is 1. The molecule has 0 saturated carbocycles. The standard InChI is InChI=1S/C25H23F2NO3/c1-15-22(25(30)31-13-12-16-6-3-2-4-7-16)23(17-10-11-18(26)19(27)14-17)24-20(28-15)8-5-9-21(24)29/h2-4,6-7,10-11,14,23,28H,5,8-9,12-13H2,1H3/t23-/m1/s1. The van der Waals surface area contributed by atoms with Gasteiger partial charge in [0.15, 0.2) is 17.4 Å². The van der Waals surface area contributed by atoms with Crippen LogP contribution in [0.4, 0.5) is 8.78 Å². The summed E-state index contributed by atoms with van der Waals surface area (Å²) in [6, 6.07) is 13.1. The summed E-state index contributed by atoms with van der Waals surface area (Å²) in [6.07, 6.45) is 2.28. The molecule has 31 heavy (non-hydrogen) atoms. The summed E-state index contributed by atoms with van der Waals surface area (Å²) < 4.78 is 33.2. The summed E-state index contributed by atoms with van der Waals surface area (Å²) >= 11 is 0. The van der Waals surface area contributed by atoms with E-state index in [0.717, 1.165) is 23.4 Å². The van der Waals surface area contributed by atoms with E-state index >= 15 is 0 Å². The number of benzene rings is 2. The molecule has 0 spiro atoms. The molecule has 0 bridgehead atoms. The lowest BCUT2D eigenvalue weighted by atomic mass is 9.75. The van der Waals surface area contributed by atoms with Crippen molar-refractivity contribution >= 4 is 11.8 Å². The maximum Gasteiger partial charge on any atom is 0.336 e. The van der Waals surface area contributed by atoms with Crippen molar-refractivity contribution in [2.24, 2.45) is 0 Å². The molecule has 1 N–H and O–H groups in total. The summed E-state index contributed by atoms with van der Waals surface area (Å²) in [7, 11) is 0. The first kappa shape index (κ1) is 21.0. The summed E-state index contributed by atoms with van der Waals surface area (Å²) in [4.78, 5) is 25.9. The predicted octanol–water partition coefficient (Wildman–Crippen LogP) is 4.72. The van der Waals surface area contributed by atoms with Crippen LogP contribution in [0.3, 0.4) is 0 Å². The second-order valence-corrected chi connectivity index (χ2v) is 7.81. The van der Waals surface area contributed by atoms with Crippen LogP contribution in [-0.2, 0) is 20.7 Å².